The van der Waals surface area contributed by atoms with Crippen molar-refractivity contribution in [1.82, 2.24) is 9.47 Å². The van der Waals surface area contributed by atoms with E-state index in [4.69, 9.17) is 0 Å². The van der Waals surface area contributed by atoms with Crippen molar-refractivity contribution in [2.24, 2.45) is 12.0 Å². The van der Waals surface area contributed by atoms with E-state index in [1.54, 1.807) is 42.1 Å². The Labute approximate surface area is 165 Å². The van der Waals surface area contributed by atoms with Gasteiger partial charge in [-0.2, -0.15) is 4.99 Å². The summed E-state index contributed by atoms with van der Waals surface area (Å²) in [5.41, 5.74) is 1.49. The summed E-state index contributed by atoms with van der Waals surface area (Å²) >= 11 is 1.32. The number of hydrogen-bond donors (Lipinski definition) is 0. The molecule has 0 saturated carbocycles. The van der Waals surface area contributed by atoms with Crippen molar-refractivity contribution >= 4 is 29.1 Å². The van der Waals surface area contributed by atoms with Gasteiger partial charge in [0.25, 0.3) is 17.7 Å². The highest BCUT2D eigenvalue weighted by molar-refractivity contribution is 7.07. The van der Waals surface area contributed by atoms with Gasteiger partial charge in [0.2, 0.25) is 0 Å². The maximum Gasteiger partial charge on any atom is 0.271 e. The van der Waals surface area contributed by atoms with Gasteiger partial charge in [-0.25, -0.2) is 0 Å². The lowest BCUT2D eigenvalue weighted by Gasteiger charge is -2.23. The van der Waals surface area contributed by atoms with Crippen molar-refractivity contribution < 1.29 is 14.4 Å². The minimum atomic E-state index is -1.00. The van der Waals surface area contributed by atoms with Crippen molar-refractivity contribution in [3.05, 3.63) is 87.7 Å². The van der Waals surface area contributed by atoms with Gasteiger partial charge in [-0.05, 0) is 17.7 Å². The van der Waals surface area contributed by atoms with Gasteiger partial charge < -0.3 is 4.57 Å². The zero-order chi connectivity index (χ0) is 19.7. The highest BCUT2D eigenvalue weighted by Crippen LogP contribution is 2.26. The van der Waals surface area contributed by atoms with Gasteiger partial charge in [-0.1, -0.05) is 42.5 Å². The average molecular weight is 391 g/mol. The second-order valence-electron chi connectivity index (χ2n) is 6.48. The molecule has 7 heteroatoms. The van der Waals surface area contributed by atoms with E-state index in [9.17, 15) is 14.4 Å². The molecule has 0 spiro atoms. The van der Waals surface area contributed by atoms with E-state index >= 15 is 0 Å². The fourth-order valence-electron chi connectivity index (χ4n) is 3.22. The molecule has 0 saturated heterocycles. The van der Waals surface area contributed by atoms with Crippen molar-refractivity contribution in [2.75, 3.05) is 0 Å². The molecule has 0 N–H and O–H groups in total. The lowest BCUT2D eigenvalue weighted by atomic mass is 10.0. The fourth-order valence-corrected chi connectivity index (χ4v) is 3.96. The van der Waals surface area contributed by atoms with E-state index in [0.717, 1.165) is 10.5 Å². The summed E-state index contributed by atoms with van der Waals surface area (Å²) in [6.07, 6.45) is 2.01. The summed E-state index contributed by atoms with van der Waals surface area (Å²) in [4.78, 5) is 44.7. The number of imide groups is 1. The molecule has 3 aromatic rings. The van der Waals surface area contributed by atoms with Crippen molar-refractivity contribution in [3.63, 3.8) is 0 Å². The van der Waals surface area contributed by atoms with E-state index in [0.29, 0.717) is 15.9 Å². The first-order chi connectivity index (χ1) is 13.6. The number of aryl methyl sites for hydroxylation is 1. The molecule has 1 aromatic heterocycles. The first kappa shape index (κ1) is 18.1. The van der Waals surface area contributed by atoms with Crippen LogP contribution in [0.5, 0.6) is 0 Å². The average Bonchev–Trinajstić information content (AvgIpc) is 3.22. The van der Waals surface area contributed by atoms with Gasteiger partial charge in [0.1, 0.15) is 6.04 Å². The van der Waals surface area contributed by atoms with E-state index < -0.39 is 23.8 Å². The van der Waals surface area contributed by atoms with Crippen LogP contribution in [-0.4, -0.2) is 33.2 Å². The number of hydrogen-bond acceptors (Lipinski definition) is 4. The highest BCUT2D eigenvalue weighted by atomic mass is 32.1. The summed E-state index contributed by atoms with van der Waals surface area (Å²) in [6.45, 7) is 0. The first-order valence-corrected chi connectivity index (χ1v) is 9.64. The zero-order valence-corrected chi connectivity index (χ0v) is 15.9. The molecule has 6 nitrogen and oxygen atoms in total. The summed E-state index contributed by atoms with van der Waals surface area (Å²) in [5, 5.41) is 1.82. The minimum Gasteiger partial charge on any atom is -0.327 e. The van der Waals surface area contributed by atoms with Gasteiger partial charge in [-0.3, -0.25) is 19.3 Å². The molecule has 0 fully saturated rings. The van der Waals surface area contributed by atoms with E-state index in [2.05, 4.69) is 4.99 Å². The molecule has 1 atom stereocenters. The van der Waals surface area contributed by atoms with Gasteiger partial charge in [0, 0.05) is 25.0 Å². The smallest absolute Gasteiger partial charge is 0.271 e. The Bertz CT molecular complexity index is 1100. The first-order valence-electron chi connectivity index (χ1n) is 8.76. The third-order valence-electron chi connectivity index (χ3n) is 4.66. The maximum absolute atomic E-state index is 13.1. The molecule has 1 aliphatic heterocycles. The van der Waals surface area contributed by atoms with E-state index in [-0.39, 0.29) is 6.42 Å². The molecule has 0 aliphatic carbocycles. The van der Waals surface area contributed by atoms with Crippen LogP contribution in [-0.2, 0) is 18.3 Å². The van der Waals surface area contributed by atoms with Crippen molar-refractivity contribution in [1.29, 1.82) is 0 Å². The van der Waals surface area contributed by atoms with E-state index in [1.165, 1.54) is 11.3 Å². The SMILES string of the molecule is Cn1ccsc1=NC(=O)[C@H](Cc1ccccc1)N1C(=O)c2ccccc2C1=O. The van der Waals surface area contributed by atoms with Gasteiger partial charge in [0.15, 0.2) is 4.80 Å². The van der Waals surface area contributed by atoms with Crippen LogP contribution in [0.15, 0.2) is 71.2 Å². The lowest BCUT2D eigenvalue weighted by molar-refractivity contribution is -0.121. The van der Waals surface area contributed by atoms with Crippen molar-refractivity contribution in [2.45, 2.75) is 12.5 Å². The highest BCUT2D eigenvalue weighted by Gasteiger charge is 2.42. The number of amides is 3. The number of aromatic nitrogens is 1. The predicted octanol–water partition coefficient (Wildman–Crippen LogP) is 2.42. The Kier molecular flexibility index (Phi) is 4.75. The molecule has 3 amide bonds. The molecule has 2 heterocycles. The monoisotopic (exact) mass is 391 g/mol. The Hall–Kier alpha value is -3.32. The molecule has 2 aromatic carbocycles. The Balaban J connectivity index is 1.76. The summed E-state index contributed by atoms with van der Waals surface area (Å²) in [6, 6.07) is 14.9. The molecule has 140 valence electrons. The van der Waals surface area contributed by atoms with Gasteiger partial charge >= 0.3 is 0 Å². The Morgan fingerprint density at radius 3 is 2.18 bits per heavy atom. The second-order valence-corrected chi connectivity index (χ2v) is 7.35. The normalized spacial score (nSPS) is 15.0. The molecular weight excluding hydrogens is 374 g/mol. The predicted molar refractivity (Wildman–Crippen MR) is 105 cm³/mol. The Morgan fingerprint density at radius 2 is 1.61 bits per heavy atom. The number of carbonyl (C=O) groups is 3. The van der Waals surface area contributed by atoms with Crippen LogP contribution in [0, 0.1) is 0 Å². The van der Waals surface area contributed by atoms with Crippen LogP contribution in [0.25, 0.3) is 0 Å². The second kappa shape index (κ2) is 7.36. The van der Waals surface area contributed by atoms with Crippen LogP contribution >= 0.6 is 11.3 Å². The van der Waals surface area contributed by atoms with Crippen LogP contribution in [0.3, 0.4) is 0 Å². The molecule has 0 bridgehead atoms. The number of benzene rings is 2. The van der Waals surface area contributed by atoms with Crippen molar-refractivity contribution in [3.8, 4) is 0 Å². The van der Waals surface area contributed by atoms with Crippen LogP contribution in [0.1, 0.15) is 26.3 Å². The van der Waals surface area contributed by atoms with Gasteiger partial charge in [0.05, 0.1) is 11.1 Å². The third kappa shape index (κ3) is 3.20. The van der Waals surface area contributed by atoms with Gasteiger partial charge in [-0.15, -0.1) is 11.3 Å². The zero-order valence-electron chi connectivity index (χ0n) is 15.1. The number of fused-ring (bicyclic) bond motifs is 1. The molecule has 0 radical (unpaired) electrons. The topological polar surface area (TPSA) is 71.7 Å². The van der Waals surface area contributed by atoms with E-state index in [1.807, 2.05) is 35.7 Å². The standard InChI is InChI=1S/C21H17N3O3S/c1-23-11-12-28-21(23)22-18(25)17(13-14-7-3-2-4-8-14)24-19(26)15-9-5-6-10-16(15)20(24)27/h2-12,17H,13H2,1H3/t17-/m0/s1. The molecule has 4 rings (SSSR count). The molecule has 1 aliphatic rings. The van der Waals surface area contributed by atoms with Crippen LogP contribution in [0.4, 0.5) is 0 Å². The summed E-state index contributed by atoms with van der Waals surface area (Å²) in [5.74, 6) is -1.43. The quantitative estimate of drug-likeness (QED) is 0.641. The molecule has 28 heavy (non-hydrogen) atoms. The van der Waals surface area contributed by atoms with Crippen LogP contribution in [0.2, 0.25) is 0 Å². The lowest BCUT2D eigenvalue weighted by Crippen LogP contribution is -2.46. The molecule has 0 unspecified atom stereocenters. The largest absolute Gasteiger partial charge is 0.327 e. The maximum atomic E-state index is 13.1. The summed E-state index contributed by atoms with van der Waals surface area (Å²) in [7, 11) is 1.79. The minimum absolute atomic E-state index is 0.212. The number of nitrogens with zero attached hydrogens (tertiary/aromatic N) is 3. The molecular formula is C21H17N3O3S. The van der Waals surface area contributed by atoms with Crippen LogP contribution < -0.4 is 4.80 Å². The Morgan fingerprint density at radius 1 is 1.00 bits per heavy atom. The third-order valence-corrected chi connectivity index (χ3v) is 5.51. The number of rotatable bonds is 4. The number of carbonyl (C=O) groups excluding carboxylic acids is 3. The fraction of sp³-hybridized carbons (Fsp3) is 0.143. The number of thiazole rings is 1. The summed E-state index contributed by atoms with van der Waals surface area (Å²) < 4.78 is 1.73.